The van der Waals surface area contributed by atoms with Crippen LogP contribution in [0.25, 0.3) is 0 Å². The topological polar surface area (TPSA) is 98.2 Å². The Bertz CT molecular complexity index is 258. The molecule has 1 fully saturated rings. The maximum absolute atomic E-state index is 11.3. The highest BCUT2D eigenvalue weighted by Crippen LogP contribution is 2.23. The predicted molar refractivity (Wildman–Crippen MR) is 64.0 cm³/mol. The lowest BCUT2D eigenvalue weighted by Crippen LogP contribution is -2.46. The van der Waals surface area contributed by atoms with Gasteiger partial charge in [-0.2, -0.15) is 0 Å². The zero-order valence-electron chi connectivity index (χ0n) is 9.44. The van der Waals surface area contributed by atoms with Crippen LogP contribution in [0, 0.1) is 5.92 Å². The minimum atomic E-state index is -0.501. The Labute approximate surface area is 102 Å². The summed E-state index contributed by atoms with van der Waals surface area (Å²) in [6.07, 6.45) is 3.31. The van der Waals surface area contributed by atoms with Crippen LogP contribution in [0.2, 0.25) is 0 Å². The number of carbonyl (C=O) groups excluding carboxylic acids is 2. The summed E-state index contributed by atoms with van der Waals surface area (Å²) >= 11 is 0. The Morgan fingerprint density at radius 3 is 2.50 bits per heavy atom. The van der Waals surface area contributed by atoms with Gasteiger partial charge in [0.15, 0.2) is 0 Å². The van der Waals surface area contributed by atoms with E-state index in [-0.39, 0.29) is 36.2 Å². The van der Waals surface area contributed by atoms with E-state index >= 15 is 0 Å². The van der Waals surface area contributed by atoms with Gasteiger partial charge < -0.3 is 16.8 Å². The molecular formula is C10H20ClN3O2. The van der Waals surface area contributed by atoms with Gasteiger partial charge in [-0.25, -0.2) is 0 Å². The summed E-state index contributed by atoms with van der Waals surface area (Å²) in [5.74, 6) is -0.531. The molecule has 1 aliphatic rings. The second kappa shape index (κ2) is 6.70. The Balaban J connectivity index is 0.00000225. The molecule has 0 saturated heterocycles. The maximum Gasteiger partial charge on any atom is 0.236 e. The molecule has 6 heteroatoms. The van der Waals surface area contributed by atoms with Crippen LogP contribution in [-0.4, -0.2) is 23.9 Å². The largest absolute Gasteiger partial charge is 0.369 e. The van der Waals surface area contributed by atoms with Gasteiger partial charge in [0.25, 0.3) is 0 Å². The molecule has 3 atom stereocenters. The van der Waals surface area contributed by atoms with Crippen LogP contribution in [0.4, 0.5) is 0 Å². The second-order valence-electron chi connectivity index (χ2n) is 4.26. The van der Waals surface area contributed by atoms with E-state index in [4.69, 9.17) is 11.5 Å². The number of carbonyl (C=O) groups is 2. The normalized spacial score (nSPS) is 26.4. The van der Waals surface area contributed by atoms with Crippen LogP contribution in [-0.2, 0) is 9.59 Å². The first-order chi connectivity index (χ1) is 7.00. The molecule has 1 saturated carbocycles. The average Bonchev–Trinajstić information content (AvgIpc) is 2.18. The van der Waals surface area contributed by atoms with Crippen molar-refractivity contribution in [2.75, 3.05) is 0 Å². The van der Waals surface area contributed by atoms with Crippen molar-refractivity contribution < 1.29 is 9.59 Å². The van der Waals surface area contributed by atoms with E-state index in [0.29, 0.717) is 6.42 Å². The zero-order chi connectivity index (χ0) is 11.4. The third-order valence-electron chi connectivity index (χ3n) is 2.84. The molecule has 0 radical (unpaired) electrons. The van der Waals surface area contributed by atoms with E-state index in [0.717, 1.165) is 19.3 Å². The van der Waals surface area contributed by atoms with Gasteiger partial charge in [0.1, 0.15) is 0 Å². The molecule has 16 heavy (non-hydrogen) atoms. The van der Waals surface area contributed by atoms with E-state index in [1.54, 1.807) is 6.92 Å². The van der Waals surface area contributed by atoms with E-state index in [2.05, 4.69) is 5.32 Å². The van der Waals surface area contributed by atoms with E-state index in [9.17, 15) is 9.59 Å². The molecule has 0 aliphatic heterocycles. The number of nitrogens with two attached hydrogens (primary N) is 2. The van der Waals surface area contributed by atoms with Crippen LogP contribution >= 0.6 is 12.4 Å². The lowest BCUT2D eigenvalue weighted by Gasteiger charge is -2.28. The van der Waals surface area contributed by atoms with Crippen molar-refractivity contribution in [3.8, 4) is 0 Å². The summed E-state index contributed by atoms with van der Waals surface area (Å²) in [6.45, 7) is 1.64. The molecule has 94 valence electrons. The fraction of sp³-hybridized carbons (Fsp3) is 0.800. The van der Waals surface area contributed by atoms with Crippen molar-refractivity contribution >= 4 is 24.2 Å². The average molecular weight is 250 g/mol. The lowest BCUT2D eigenvalue weighted by molar-refractivity contribution is -0.125. The first kappa shape index (κ1) is 15.2. The molecule has 1 rings (SSSR count). The summed E-state index contributed by atoms with van der Waals surface area (Å²) in [5, 5.41) is 2.83. The summed E-state index contributed by atoms with van der Waals surface area (Å²) in [5.41, 5.74) is 10.7. The number of rotatable bonds is 3. The molecular weight excluding hydrogens is 230 g/mol. The molecule has 1 aliphatic carbocycles. The number of hydrogen-bond donors (Lipinski definition) is 3. The molecule has 0 heterocycles. The van der Waals surface area contributed by atoms with Crippen LogP contribution in [0.1, 0.15) is 32.6 Å². The van der Waals surface area contributed by atoms with Gasteiger partial charge >= 0.3 is 0 Å². The van der Waals surface area contributed by atoms with Crippen LogP contribution in [0.15, 0.2) is 0 Å². The first-order valence-corrected chi connectivity index (χ1v) is 5.36. The molecule has 0 bridgehead atoms. The minimum absolute atomic E-state index is 0. The highest BCUT2D eigenvalue weighted by Gasteiger charge is 2.26. The summed E-state index contributed by atoms with van der Waals surface area (Å²) < 4.78 is 0. The number of primary amides is 1. The summed E-state index contributed by atoms with van der Waals surface area (Å²) in [6, 6.07) is -0.450. The van der Waals surface area contributed by atoms with Gasteiger partial charge in [-0.3, -0.25) is 9.59 Å². The van der Waals surface area contributed by atoms with Crippen LogP contribution in [0.5, 0.6) is 0 Å². The maximum atomic E-state index is 11.3. The Hall–Kier alpha value is -0.810. The highest BCUT2D eigenvalue weighted by molar-refractivity contribution is 5.85. The second-order valence-corrected chi connectivity index (χ2v) is 4.26. The molecule has 2 unspecified atom stereocenters. The highest BCUT2D eigenvalue weighted by atomic mass is 35.5. The van der Waals surface area contributed by atoms with Crippen molar-refractivity contribution in [2.45, 2.75) is 44.7 Å². The molecule has 2 amide bonds. The molecule has 0 aromatic heterocycles. The van der Waals surface area contributed by atoms with Crippen molar-refractivity contribution in [1.82, 2.24) is 5.32 Å². The van der Waals surface area contributed by atoms with Gasteiger partial charge in [0.05, 0.1) is 6.04 Å². The fourth-order valence-corrected chi connectivity index (χ4v) is 1.91. The summed E-state index contributed by atoms with van der Waals surface area (Å²) in [4.78, 5) is 22.3. The Kier molecular flexibility index (Phi) is 6.36. The molecule has 0 spiro atoms. The molecule has 5 N–H and O–H groups in total. The number of nitrogens with one attached hydrogen (secondary N) is 1. The fourth-order valence-electron chi connectivity index (χ4n) is 1.91. The minimum Gasteiger partial charge on any atom is -0.369 e. The van der Waals surface area contributed by atoms with E-state index < -0.39 is 6.04 Å². The number of hydrogen-bond acceptors (Lipinski definition) is 3. The van der Waals surface area contributed by atoms with Gasteiger partial charge in [-0.15, -0.1) is 12.4 Å². The summed E-state index contributed by atoms with van der Waals surface area (Å²) in [7, 11) is 0. The van der Waals surface area contributed by atoms with Gasteiger partial charge in [0, 0.05) is 12.0 Å². The number of amides is 2. The van der Waals surface area contributed by atoms with Crippen molar-refractivity contribution in [1.29, 1.82) is 0 Å². The SMILES string of the molecule is C[C@@H](N)C(=O)NC1CCCC(C(N)=O)C1.Cl. The molecule has 5 nitrogen and oxygen atoms in total. The quantitative estimate of drug-likeness (QED) is 0.652. The molecule has 0 aromatic carbocycles. The van der Waals surface area contributed by atoms with E-state index in [1.165, 1.54) is 0 Å². The van der Waals surface area contributed by atoms with Gasteiger partial charge in [-0.05, 0) is 26.2 Å². The zero-order valence-corrected chi connectivity index (χ0v) is 10.3. The van der Waals surface area contributed by atoms with Crippen molar-refractivity contribution in [3.63, 3.8) is 0 Å². The standard InChI is InChI=1S/C10H19N3O2.ClH/c1-6(11)10(15)13-8-4-2-3-7(5-8)9(12)14;/h6-8H,2-5,11H2,1H3,(H2,12,14)(H,13,15);1H/t6-,7?,8?;/m1./s1. The monoisotopic (exact) mass is 249 g/mol. The Morgan fingerprint density at radius 2 is 2.00 bits per heavy atom. The predicted octanol–water partition coefficient (Wildman–Crippen LogP) is -0.0843. The van der Waals surface area contributed by atoms with Gasteiger partial charge in [0.2, 0.25) is 11.8 Å². The molecule has 0 aromatic rings. The van der Waals surface area contributed by atoms with Crippen LogP contribution in [0.3, 0.4) is 0 Å². The van der Waals surface area contributed by atoms with Crippen LogP contribution < -0.4 is 16.8 Å². The van der Waals surface area contributed by atoms with Crippen molar-refractivity contribution in [2.24, 2.45) is 17.4 Å². The van der Waals surface area contributed by atoms with Gasteiger partial charge in [-0.1, -0.05) is 6.42 Å². The third-order valence-corrected chi connectivity index (χ3v) is 2.84. The first-order valence-electron chi connectivity index (χ1n) is 5.36. The Morgan fingerprint density at radius 1 is 1.38 bits per heavy atom. The third kappa shape index (κ3) is 4.37. The number of halogens is 1. The smallest absolute Gasteiger partial charge is 0.236 e. The van der Waals surface area contributed by atoms with E-state index in [1.807, 2.05) is 0 Å². The lowest BCUT2D eigenvalue weighted by atomic mass is 9.85. The van der Waals surface area contributed by atoms with Crippen molar-refractivity contribution in [3.05, 3.63) is 0 Å².